The first-order valence-electron chi connectivity index (χ1n) is 9.93. The van der Waals surface area contributed by atoms with E-state index in [1.165, 1.54) is 23.1 Å². The molecule has 34 heavy (non-hydrogen) atoms. The number of benzene rings is 3. The highest BCUT2D eigenvalue weighted by atomic mass is 35.5. The third-order valence-electron chi connectivity index (χ3n) is 5.89. The van der Waals surface area contributed by atoms with E-state index in [1.54, 1.807) is 24.3 Å². The third-order valence-corrected chi connectivity index (χ3v) is 8.48. The van der Waals surface area contributed by atoms with E-state index in [9.17, 15) is 26.8 Å². The van der Waals surface area contributed by atoms with Crippen molar-refractivity contribution in [1.82, 2.24) is 0 Å². The van der Waals surface area contributed by atoms with E-state index in [0.29, 0.717) is 16.7 Å². The maximum Gasteiger partial charge on any atom is 0.274 e. The molecule has 1 saturated heterocycles. The van der Waals surface area contributed by atoms with Crippen LogP contribution in [-0.2, 0) is 30.8 Å². The van der Waals surface area contributed by atoms with Gasteiger partial charge in [-0.3, -0.25) is 14.5 Å². The number of nitrogens with zero attached hydrogens (tertiary/aromatic N) is 2. The van der Waals surface area contributed by atoms with Gasteiger partial charge in [0.1, 0.15) is 5.75 Å². The van der Waals surface area contributed by atoms with Crippen LogP contribution in [0.2, 0.25) is 10.0 Å². The Bertz CT molecular complexity index is 1480. The molecular weight excluding hydrogens is 509 g/mol. The van der Waals surface area contributed by atoms with Crippen molar-refractivity contribution >= 4 is 56.2 Å². The second-order valence-corrected chi connectivity index (χ2v) is 10.9. The van der Waals surface area contributed by atoms with Gasteiger partial charge >= 0.3 is 0 Å². The van der Waals surface area contributed by atoms with E-state index in [4.69, 9.17) is 23.2 Å². The quantitative estimate of drug-likeness (QED) is 0.509. The molecule has 2 amide bonds. The molecule has 174 valence electrons. The van der Waals surface area contributed by atoms with E-state index in [-0.39, 0.29) is 28.5 Å². The number of hydrogen-bond donors (Lipinski definition) is 0. The summed E-state index contributed by atoms with van der Waals surface area (Å²) in [5, 5.41) is 0.618. The fraction of sp³-hybridized carbons (Fsp3) is 0.130. The van der Waals surface area contributed by atoms with Gasteiger partial charge in [-0.15, -0.1) is 0 Å². The summed E-state index contributed by atoms with van der Waals surface area (Å²) in [4.78, 5) is 26.4. The van der Waals surface area contributed by atoms with Crippen LogP contribution >= 0.6 is 23.2 Å². The molecule has 1 unspecified atom stereocenters. The minimum atomic E-state index is -4.48. The van der Waals surface area contributed by atoms with Crippen LogP contribution in [0.25, 0.3) is 0 Å². The Morgan fingerprint density at radius 3 is 2.24 bits per heavy atom. The average Bonchev–Trinajstić information content (AvgIpc) is 3.14. The number of halogens is 4. The van der Waals surface area contributed by atoms with Crippen molar-refractivity contribution in [2.75, 3.05) is 15.6 Å². The SMILES string of the molecule is O=C1CS(=O)(=O)C2(C(=O)N(Cc3ccc(Cl)cc3)c3ccc(Cl)cc32)N1c1ccc(F)c(F)c1. The van der Waals surface area contributed by atoms with Gasteiger partial charge in [0.05, 0.1) is 12.2 Å². The van der Waals surface area contributed by atoms with Gasteiger partial charge in [0.25, 0.3) is 10.8 Å². The maximum absolute atomic E-state index is 14.1. The molecule has 0 radical (unpaired) electrons. The number of amides is 2. The molecule has 2 aliphatic rings. The molecule has 0 bridgehead atoms. The molecule has 0 N–H and O–H groups in total. The molecule has 1 atom stereocenters. The van der Waals surface area contributed by atoms with Gasteiger partial charge in [-0.05, 0) is 48.0 Å². The van der Waals surface area contributed by atoms with Crippen molar-refractivity contribution in [2.45, 2.75) is 11.4 Å². The van der Waals surface area contributed by atoms with E-state index in [1.807, 2.05) is 0 Å². The molecule has 0 aromatic heterocycles. The summed E-state index contributed by atoms with van der Waals surface area (Å²) in [6, 6.07) is 13.4. The highest BCUT2D eigenvalue weighted by Gasteiger charge is 2.69. The number of hydrogen-bond acceptors (Lipinski definition) is 4. The molecule has 1 spiro atoms. The second-order valence-electron chi connectivity index (χ2n) is 7.91. The van der Waals surface area contributed by atoms with E-state index >= 15 is 0 Å². The topological polar surface area (TPSA) is 74.8 Å². The molecule has 0 saturated carbocycles. The largest absolute Gasteiger partial charge is 0.304 e. The van der Waals surface area contributed by atoms with Crippen molar-refractivity contribution < 1.29 is 26.8 Å². The lowest BCUT2D eigenvalue weighted by Crippen LogP contribution is -2.54. The Hall–Kier alpha value is -3.01. The normalized spacial score (nSPS) is 20.9. The molecule has 2 aliphatic heterocycles. The highest BCUT2D eigenvalue weighted by molar-refractivity contribution is 7.94. The molecular formula is C23H14Cl2F2N2O4S. The summed E-state index contributed by atoms with van der Waals surface area (Å²) in [7, 11) is -4.48. The van der Waals surface area contributed by atoms with Gasteiger partial charge in [0.15, 0.2) is 21.5 Å². The van der Waals surface area contributed by atoms with E-state index in [0.717, 1.165) is 17.0 Å². The first kappa shape index (κ1) is 22.8. The van der Waals surface area contributed by atoms with Gasteiger partial charge in [-0.25, -0.2) is 17.2 Å². The Balaban J connectivity index is 1.76. The van der Waals surface area contributed by atoms with E-state index in [2.05, 4.69) is 0 Å². The number of sulfone groups is 1. The van der Waals surface area contributed by atoms with Crippen molar-refractivity contribution in [3.05, 3.63) is 93.5 Å². The Labute approximate surface area is 203 Å². The van der Waals surface area contributed by atoms with E-state index < -0.39 is 43.9 Å². The molecule has 6 nitrogen and oxygen atoms in total. The predicted molar refractivity (Wildman–Crippen MR) is 123 cm³/mol. The van der Waals surface area contributed by atoms with Crippen LogP contribution in [0.5, 0.6) is 0 Å². The Kier molecular flexibility index (Phi) is 5.20. The van der Waals surface area contributed by atoms with Gasteiger partial charge in [0, 0.05) is 27.4 Å². The Morgan fingerprint density at radius 2 is 1.56 bits per heavy atom. The summed E-state index contributed by atoms with van der Waals surface area (Å²) in [6.45, 7) is -0.0261. The van der Waals surface area contributed by atoms with Gasteiger partial charge in [-0.2, -0.15) is 0 Å². The average molecular weight is 523 g/mol. The van der Waals surface area contributed by atoms with Crippen LogP contribution in [-0.4, -0.2) is 26.0 Å². The molecule has 11 heteroatoms. The van der Waals surface area contributed by atoms with Gasteiger partial charge in [0.2, 0.25) is 5.91 Å². The summed E-state index contributed by atoms with van der Waals surface area (Å²) in [5.41, 5.74) is 0.583. The van der Waals surface area contributed by atoms with Crippen molar-refractivity contribution in [2.24, 2.45) is 0 Å². The highest BCUT2D eigenvalue weighted by Crippen LogP contribution is 2.53. The zero-order chi connectivity index (χ0) is 24.4. The molecule has 5 rings (SSSR count). The molecule has 1 fully saturated rings. The van der Waals surface area contributed by atoms with Crippen molar-refractivity contribution in [3.8, 4) is 0 Å². The molecule has 3 aromatic rings. The fourth-order valence-corrected chi connectivity index (χ4v) is 6.79. The minimum absolute atomic E-state index is 0.0261. The summed E-state index contributed by atoms with van der Waals surface area (Å²) in [6.07, 6.45) is 0. The monoisotopic (exact) mass is 522 g/mol. The lowest BCUT2D eigenvalue weighted by molar-refractivity contribution is -0.123. The van der Waals surface area contributed by atoms with Crippen LogP contribution < -0.4 is 9.80 Å². The van der Waals surface area contributed by atoms with Gasteiger partial charge < -0.3 is 4.90 Å². The van der Waals surface area contributed by atoms with Crippen LogP contribution in [0.15, 0.2) is 60.7 Å². The first-order valence-corrected chi connectivity index (χ1v) is 12.3. The van der Waals surface area contributed by atoms with Crippen LogP contribution in [0, 0.1) is 11.6 Å². The lowest BCUT2D eigenvalue weighted by Gasteiger charge is -2.32. The van der Waals surface area contributed by atoms with Crippen molar-refractivity contribution in [1.29, 1.82) is 0 Å². The maximum atomic E-state index is 14.1. The number of carbonyl (C=O) groups excluding carboxylic acids is 2. The zero-order valence-corrected chi connectivity index (χ0v) is 19.5. The van der Waals surface area contributed by atoms with Gasteiger partial charge in [-0.1, -0.05) is 35.3 Å². The Morgan fingerprint density at radius 1 is 0.882 bits per heavy atom. The predicted octanol–water partition coefficient (Wildman–Crippen LogP) is 4.43. The molecule has 0 aliphatic carbocycles. The van der Waals surface area contributed by atoms with Crippen LogP contribution in [0.1, 0.15) is 11.1 Å². The number of fused-ring (bicyclic) bond motifs is 2. The molecule has 2 heterocycles. The fourth-order valence-electron chi connectivity index (χ4n) is 4.46. The van der Waals surface area contributed by atoms with Crippen LogP contribution in [0.3, 0.4) is 0 Å². The zero-order valence-electron chi connectivity index (χ0n) is 17.1. The van der Waals surface area contributed by atoms with Crippen LogP contribution in [0.4, 0.5) is 20.2 Å². The lowest BCUT2D eigenvalue weighted by atomic mass is 10.0. The minimum Gasteiger partial charge on any atom is -0.304 e. The summed E-state index contributed by atoms with van der Waals surface area (Å²) < 4.78 is 54.7. The standard InChI is InChI=1S/C23H14Cl2F2N2O4S/c24-14-3-1-13(2-4-14)11-28-20-8-5-15(25)9-17(20)23(22(28)31)29(21(30)12-34(23,32)33)16-6-7-18(26)19(27)10-16/h1-10H,11-12H2. The third kappa shape index (κ3) is 3.14. The summed E-state index contributed by atoms with van der Waals surface area (Å²) in [5.74, 6) is -5.33. The smallest absolute Gasteiger partial charge is 0.274 e. The summed E-state index contributed by atoms with van der Waals surface area (Å²) >= 11 is 12.1. The number of anilines is 2. The number of carbonyl (C=O) groups is 2. The number of rotatable bonds is 3. The van der Waals surface area contributed by atoms with Crippen molar-refractivity contribution in [3.63, 3.8) is 0 Å². The molecule has 3 aromatic carbocycles. The second kappa shape index (κ2) is 7.76. The first-order chi connectivity index (χ1) is 16.1.